The molecule has 0 saturated carbocycles. The number of benzene rings is 1. The maximum absolute atomic E-state index is 11.3. The lowest BCUT2D eigenvalue weighted by Crippen LogP contribution is -2.30. The molecule has 1 aliphatic rings. The summed E-state index contributed by atoms with van der Waals surface area (Å²) in [6, 6.07) is 9.29. The molecule has 0 unspecified atom stereocenters. The average Bonchev–Trinajstić information content (AvgIpc) is 2.81. The predicted octanol–water partition coefficient (Wildman–Crippen LogP) is 1.62. The Balaban J connectivity index is 1.65. The fourth-order valence-electron chi connectivity index (χ4n) is 1.73. The summed E-state index contributed by atoms with van der Waals surface area (Å²) in [5, 5.41) is 2.71. The Kier molecular flexibility index (Phi) is 4.17. The Bertz CT molecular complexity index is 418. The van der Waals surface area contributed by atoms with Gasteiger partial charge in [0.25, 0.3) is 0 Å². The molecule has 1 atom stereocenters. The molecule has 96 valence electrons. The Labute approximate surface area is 105 Å². The van der Waals surface area contributed by atoms with Crippen LogP contribution in [-0.4, -0.2) is 24.7 Å². The van der Waals surface area contributed by atoms with Gasteiger partial charge in [0.1, 0.15) is 13.2 Å². The molecule has 1 N–H and O–H groups in total. The Hall–Kier alpha value is -2.04. The van der Waals surface area contributed by atoms with Crippen LogP contribution in [0.4, 0.5) is 4.79 Å². The van der Waals surface area contributed by atoms with Crippen LogP contribution in [0.5, 0.6) is 0 Å². The minimum atomic E-state index is -0.708. The molecule has 5 heteroatoms. The van der Waals surface area contributed by atoms with Gasteiger partial charge in [0, 0.05) is 6.42 Å². The standard InChI is InChI=1S/C13H15NO4/c15-12-7-6-11(14-12)9-18-13(16)17-8-10-4-2-1-3-5-10/h1-5,11H,6-9H2,(H,14,15)/t11-/m0/s1. The molecule has 1 fully saturated rings. The van der Waals surface area contributed by atoms with Crippen LogP contribution in [0, 0.1) is 0 Å². The summed E-state index contributed by atoms with van der Waals surface area (Å²) in [5.74, 6) is 0.00116. The first-order chi connectivity index (χ1) is 8.74. The van der Waals surface area contributed by atoms with E-state index in [4.69, 9.17) is 9.47 Å². The monoisotopic (exact) mass is 249 g/mol. The van der Waals surface area contributed by atoms with Crippen molar-refractivity contribution in [2.24, 2.45) is 0 Å². The van der Waals surface area contributed by atoms with Crippen molar-refractivity contribution in [3.05, 3.63) is 35.9 Å². The van der Waals surface area contributed by atoms with Gasteiger partial charge < -0.3 is 14.8 Å². The van der Waals surface area contributed by atoms with Gasteiger partial charge in [-0.1, -0.05) is 30.3 Å². The van der Waals surface area contributed by atoms with Gasteiger partial charge in [-0.15, -0.1) is 0 Å². The van der Waals surface area contributed by atoms with E-state index in [1.54, 1.807) is 0 Å². The lowest BCUT2D eigenvalue weighted by molar-refractivity contribution is -0.119. The molecule has 0 bridgehead atoms. The zero-order valence-corrected chi connectivity index (χ0v) is 9.93. The van der Waals surface area contributed by atoms with E-state index in [1.165, 1.54) is 0 Å². The second-order valence-electron chi connectivity index (χ2n) is 4.14. The van der Waals surface area contributed by atoms with Crippen LogP contribution in [0.25, 0.3) is 0 Å². The van der Waals surface area contributed by atoms with Crippen molar-refractivity contribution < 1.29 is 19.1 Å². The molecule has 2 rings (SSSR count). The first-order valence-electron chi connectivity index (χ1n) is 5.87. The Morgan fingerprint density at radius 3 is 2.72 bits per heavy atom. The lowest BCUT2D eigenvalue weighted by atomic mass is 10.2. The molecule has 0 radical (unpaired) electrons. The zero-order valence-electron chi connectivity index (χ0n) is 9.93. The summed E-state index contributed by atoms with van der Waals surface area (Å²) in [6.07, 6.45) is 0.484. The second kappa shape index (κ2) is 6.05. The van der Waals surface area contributed by atoms with E-state index >= 15 is 0 Å². The van der Waals surface area contributed by atoms with Crippen molar-refractivity contribution in [1.29, 1.82) is 0 Å². The van der Waals surface area contributed by atoms with Crippen LogP contribution in [0.1, 0.15) is 18.4 Å². The topological polar surface area (TPSA) is 64.6 Å². The molecule has 1 aromatic rings. The number of carbonyl (C=O) groups excluding carboxylic acids is 2. The van der Waals surface area contributed by atoms with Crippen LogP contribution in [0.2, 0.25) is 0 Å². The van der Waals surface area contributed by atoms with Gasteiger partial charge in [-0.3, -0.25) is 4.79 Å². The fourth-order valence-corrected chi connectivity index (χ4v) is 1.73. The average molecular weight is 249 g/mol. The SMILES string of the molecule is O=C1CC[C@@H](COC(=O)OCc2ccccc2)N1. The molecular weight excluding hydrogens is 234 g/mol. The van der Waals surface area contributed by atoms with Gasteiger partial charge in [-0.2, -0.15) is 0 Å². The smallest absolute Gasteiger partial charge is 0.432 e. The molecule has 1 aliphatic heterocycles. The van der Waals surface area contributed by atoms with Gasteiger partial charge in [0.15, 0.2) is 0 Å². The van der Waals surface area contributed by atoms with Crippen LogP contribution >= 0.6 is 0 Å². The number of hydrogen-bond acceptors (Lipinski definition) is 4. The van der Waals surface area contributed by atoms with E-state index in [2.05, 4.69) is 5.32 Å². The van der Waals surface area contributed by atoms with Crippen molar-refractivity contribution in [2.45, 2.75) is 25.5 Å². The van der Waals surface area contributed by atoms with E-state index in [1.807, 2.05) is 30.3 Å². The van der Waals surface area contributed by atoms with E-state index in [-0.39, 0.29) is 25.2 Å². The minimum absolute atomic E-state index is 0.00116. The molecular formula is C13H15NO4. The minimum Gasteiger partial charge on any atom is -0.432 e. The van der Waals surface area contributed by atoms with E-state index in [9.17, 15) is 9.59 Å². The van der Waals surface area contributed by atoms with Crippen molar-refractivity contribution >= 4 is 12.1 Å². The molecule has 18 heavy (non-hydrogen) atoms. The highest BCUT2D eigenvalue weighted by Crippen LogP contribution is 2.07. The summed E-state index contributed by atoms with van der Waals surface area (Å²) in [7, 11) is 0. The molecule has 1 heterocycles. The summed E-state index contributed by atoms with van der Waals surface area (Å²) >= 11 is 0. The highest BCUT2D eigenvalue weighted by Gasteiger charge is 2.22. The van der Waals surface area contributed by atoms with E-state index in [0.717, 1.165) is 5.56 Å². The highest BCUT2D eigenvalue weighted by atomic mass is 16.7. The zero-order chi connectivity index (χ0) is 12.8. The summed E-state index contributed by atoms with van der Waals surface area (Å²) in [4.78, 5) is 22.2. The number of hydrogen-bond donors (Lipinski definition) is 1. The van der Waals surface area contributed by atoms with Crippen molar-refractivity contribution in [3.8, 4) is 0 Å². The van der Waals surface area contributed by atoms with Crippen molar-refractivity contribution in [1.82, 2.24) is 5.32 Å². The number of carbonyl (C=O) groups is 2. The fraction of sp³-hybridized carbons (Fsp3) is 0.385. The number of rotatable bonds is 4. The summed E-state index contributed by atoms with van der Waals surface area (Å²) in [5.41, 5.74) is 0.906. The normalized spacial score (nSPS) is 18.2. The lowest BCUT2D eigenvalue weighted by Gasteiger charge is -2.10. The maximum atomic E-state index is 11.3. The third kappa shape index (κ3) is 3.76. The first kappa shape index (κ1) is 12.4. The molecule has 0 spiro atoms. The van der Waals surface area contributed by atoms with Crippen LogP contribution in [-0.2, 0) is 20.9 Å². The second-order valence-corrected chi connectivity index (χ2v) is 4.14. The summed E-state index contributed by atoms with van der Waals surface area (Å²) < 4.78 is 9.86. The van der Waals surface area contributed by atoms with Crippen LogP contribution in [0.3, 0.4) is 0 Å². The third-order valence-electron chi connectivity index (χ3n) is 2.69. The van der Waals surface area contributed by atoms with Gasteiger partial charge in [0.2, 0.25) is 5.91 Å². The first-order valence-corrected chi connectivity index (χ1v) is 5.87. The molecule has 5 nitrogen and oxygen atoms in total. The number of nitrogens with one attached hydrogen (secondary N) is 1. The Morgan fingerprint density at radius 2 is 2.06 bits per heavy atom. The van der Waals surface area contributed by atoms with E-state index in [0.29, 0.717) is 12.8 Å². The number of ether oxygens (including phenoxy) is 2. The molecule has 0 aliphatic carbocycles. The largest absolute Gasteiger partial charge is 0.508 e. The Morgan fingerprint density at radius 1 is 1.28 bits per heavy atom. The molecule has 0 aromatic heterocycles. The van der Waals surface area contributed by atoms with Gasteiger partial charge in [-0.05, 0) is 12.0 Å². The van der Waals surface area contributed by atoms with Gasteiger partial charge in [-0.25, -0.2) is 4.79 Å². The highest BCUT2D eigenvalue weighted by molar-refractivity contribution is 5.78. The van der Waals surface area contributed by atoms with Crippen LogP contribution in [0.15, 0.2) is 30.3 Å². The maximum Gasteiger partial charge on any atom is 0.508 e. The number of amides is 1. The van der Waals surface area contributed by atoms with Crippen LogP contribution < -0.4 is 5.32 Å². The molecule has 1 aromatic carbocycles. The van der Waals surface area contributed by atoms with Gasteiger partial charge >= 0.3 is 6.16 Å². The van der Waals surface area contributed by atoms with Crippen molar-refractivity contribution in [2.75, 3.05) is 6.61 Å². The third-order valence-corrected chi connectivity index (χ3v) is 2.69. The molecule has 1 amide bonds. The molecule has 1 saturated heterocycles. The van der Waals surface area contributed by atoms with Gasteiger partial charge in [0.05, 0.1) is 6.04 Å². The summed E-state index contributed by atoms with van der Waals surface area (Å²) in [6.45, 7) is 0.357. The predicted molar refractivity (Wildman–Crippen MR) is 63.7 cm³/mol. The quantitative estimate of drug-likeness (QED) is 0.823. The van der Waals surface area contributed by atoms with E-state index < -0.39 is 6.16 Å². The van der Waals surface area contributed by atoms with Crippen molar-refractivity contribution in [3.63, 3.8) is 0 Å².